The van der Waals surface area contributed by atoms with Crippen LogP contribution in [0.1, 0.15) is 34.1 Å². The molecule has 0 aliphatic heterocycles. The zero-order valence-electron chi connectivity index (χ0n) is 14.6. The van der Waals surface area contributed by atoms with E-state index < -0.39 is 23.2 Å². The number of carbonyl (C=O) groups excluding carboxylic acids is 1. The molecule has 0 unspecified atom stereocenters. The first-order valence-electron chi connectivity index (χ1n) is 8.17. The lowest BCUT2D eigenvalue weighted by Gasteiger charge is -2.13. The number of hydrogen-bond acceptors (Lipinski definition) is 3. The fourth-order valence-corrected chi connectivity index (χ4v) is 3.24. The summed E-state index contributed by atoms with van der Waals surface area (Å²) in [4.78, 5) is 13.0. The van der Waals surface area contributed by atoms with Gasteiger partial charge in [-0.15, -0.1) is 0 Å². The lowest BCUT2D eigenvalue weighted by Crippen LogP contribution is -2.20. The molecule has 8 heteroatoms. The summed E-state index contributed by atoms with van der Waals surface area (Å²) < 4.78 is 46.3. The van der Waals surface area contributed by atoms with Gasteiger partial charge in [-0.1, -0.05) is 36.7 Å². The maximum Gasteiger partial charge on any atom is 0.417 e. The van der Waals surface area contributed by atoms with Crippen LogP contribution in [0.2, 0.25) is 5.02 Å². The molecule has 1 heterocycles. The summed E-state index contributed by atoms with van der Waals surface area (Å²) in [7, 11) is 1.53. The number of methoxy groups -OCH3 is 1. The van der Waals surface area contributed by atoms with E-state index in [0.717, 1.165) is 22.4 Å². The third-order valence-corrected chi connectivity index (χ3v) is 4.51. The molecule has 0 fully saturated rings. The first kappa shape index (κ1) is 19.4. The second-order valence-electron chi connectivity index (χ2n) is 5.96. The van der Waals surface area contributed by atoms with Crippen molar-refractivity contribution in [2.45, 2.75) is 26.1 Å². The molecule has 0 atom stereocenters. The minimum absolute atomic E-state index is 0.274. The van der Waals surface area contributed by atoms with E-state index in [1.807, 2.05) is 13.0 Å². The van der Waals surface area contributed by atoms with E-state index in [1.54, 1.807) is 12.1 Å². The molecular weight excluding hydrogens is 381 g/mol. The van der Waals surface area contributed by atoms with E-state index in [9.17, 15) is 18.0 Å². The predicted molar refractivity (Wildman–Crippen MR) is 96.0 cm³/mol. The van der Waals surface area contributed by atoms with Crippen LogP contribution in [-0.2, 0) is 23.9 Å². The molecule has 142 valence electrons. The van der Waals surface area contributed by atoms with Gasteiger partial charge in [-0.3, -0.25) is 4.79 Å². The number of nitrogens with zero attached hydrogens (tertiary/aromatic N) is 2. The fourth-order valence-electron chi connectivity index (χ4n) is 2.98. The molecule has 0 amide bonds. The van der Waals surface area contributed by atoms with Gasteiger partial charge in [0.1, 0.15) is 0 Å². The zero-order valence-corrected chi connectivity index (χ0v) is 15.4. The van der Waals surface area contributed by atoms with Crippen LogP contribution in [0.25, 0.3) is 10.9 Å². The average molecular weight is 397 g/mol. The number of aromatic nitrogens is 2. The summed E-state index contributed by atoms with van der Waals surface area (Å²) in [5.41, 5.74) is 0.102. The van der Waals surface area contributed by atoms with Crippen LogP contribution in [0.5, 0.6) is 0 Å². The summed E-state index contributed by atoms with van der Waals surface area (Å²) in [6, 6.07) is 8.56. The van der Waals surface area contributed by atoms with E-state index in [0.29, 0.717) is 29.6 Å². The van der Waals surface area contributed by atoms with Crippen molar-refractivity contribution in [2.24, 2.45) is 0 Å². The maximum absolute atomic E-state index is 13.4. The summed E-state index contributed by atoms with van der Waals surface area (Å²) in [6.45, 7) is 2.16. The molecule has 27 heavy (non-hydrogen) atoms. The molecule has 3 rings (SSSR count). The number of hydrogen-bond donors (Lipinski definition) is 0. The number of benzene rings is 2. The number of carbonyl (C=O) groups is 1. The van der Waals surface area contributed by atoms with Crippen LogP contribution >= 0.6 is 11.6 Å². The van der Waals surface area contributed by atoms with Crippen molar-refractivity contribution in [3.8, 4) is 0 Å². The molecule has 0 aliphatic carbocycles. The fraction of sp³-hybridized carbons (Fsp3) is 0.263. The Kier molecular flexibility index (Phi) is 5.26. The van der Waals surface area contributed by atoms with Gasteiger partial charge in [0.15, 0.2) is 0 Å². The summed E-state index contributed by atoms with van der Waals surface area (Å²) in [6.07, 6.45) is -4.19. The van der Waals surface area contributed by atoms with Crippen molar-refractivity contribution in [3.63, 3.8) is 0 Å². The Hall–Kier alpha value is -2.38. The molecule has 0 spiro atoms. The zero-order chi connectivity index (χ0) is 19.8. The molecule has 0 N–H and O–H groups in total. The number of rotatable bonds is 4. The summed E-state index contributed by atoms with van der Waals surface area (Å²) in [5.74, 6) is -0.924. The van der Waals surface area contributed by atoms with Gasteiger partial charge in [-0.25, -0.2) is 0 Å². The number of alkyl halides is 3. The molecule has 2 aromatic carbocycles. The lowest BCUT2D eigenvalue weighted by molar-refractivity contribution is -0.137. The minimum atomic E-state index is -4.71. The normalized spacial score (nSPS) is 11.9. The number of aryl methyl sites for hydroxylation is 1. The highest BCUT2D eigenvalue weighted by molar-refractivity contribution is 6.34. The topological polar surface area (TPSA) is 44.1 Å². The van der Waals surface area contributed by atoms with Crippen molar-refractivity contribution in [3.05, 3.63) is 63.8 Å². The SMILES string of the molecule is CCc1nn(C(=O)c2c(Cl)cccc2C(F)(F)F)c2cc(COC)ccc12. The number of halogens is 4. The Morgan fingerprint density at radius 3 is 2.63 bits per heavy atom. The highest BCUT2D eigenvalue weighted by atomic mass is 35.5. The largest absolute Gasteiger partial charge is 0.417 e. The van der Waals surface area contributed by atoms with Crippen molar-refractivity contribution >= 4 is 28.4 Å². The molecule has 4 nitrogen and oxygen atoms in total. The molecule has 0 saturated heterocycles. The van der Waals surface area contributed by atoms with E-state index in [1.165, 1.54) is 13.2 Å². The lowest BCUT2D eigenvalue weighted by atomic mass is 10.1. The monoisotopic (exact) mass is 396 g/mol. The highest BCUT2D eigenvalue weighted by Crippen LogP contribution is 2.36. The second kappa shape index (κ2) is 7.32. The van der Waals surface area contributed by atoms with Crippen LogP contribution in [0.3, 0.4) is 0 Å². The van der Waals surface area contributed by atoms with Gasteiger partial charge in [0, 0.05) is 12.5 Å². The van der Waals surface area contributed by atoms with Crippen LogP contribution in [-0.4, -0.2) is 22.8 Å². The summed E-state index contributed by atoms with van der Waals surface area (Å²) >= 11 is 5.97. The molecule has 1 aromatic heterocycles. The molecule has 0 radical (unpaired) electrons. The molecule has 0 bridgehead atoms. The van der Waals surface area contributed by atoms with Crippen LogP contribution < -0.4 is 0 Å². The average Bonchev–Trinajstić information content (AvgIpc) is 2.98. The Morgan fingerprint density at radius 2 is 2.00 bits per heavy atom. The van der Waals surface area contributed by atoms with Gasteiger partial charge < -0.3 is 4.74 Å². The van der Waals surface area contributed by atoms with E-state index in [-0.39, 0.29) is 5.02 Å². The van der Waals surface area contributed by atoms with Crippen LogP contribution in [0, 0.1) is 0 Å². The van der Waals surface area contributed by atoms with Gasteiger partial charge in [0.05, 0.1) is 34.0 Å². The highest BCUT2D eigenvalue weighted by Gasteiger charge is 2.37. The number of ether oxygens (including phenoxy) is 1. The van der Waals surface area contributed by atoms with Crippen molar-refractivity contribution in [1.82, 2.24) is 9.78 Å². The Labute approximate surface area is 158 Å². The first-order valence-corrected chi connectivity index (χ1v) is 8.55. The van der Waals surface area contributed by atoms with Crippen LogP contribution in [0.15, 0.2) is 36.4 Å². The van der Waals surface area contributed by atoms with Crippen molar-refractivity contribution in [2.75, 3.05) is 7.11 Å². The van der Waals surface area contributed by atoms with Gasteiger partial charge >= 0.3 is 6.18 Å². The number of fused-ring (bicyclic) bond motifs is 1. The molecular formula is C19H16ClF3N2O2. The quantitative estimate of drug-likeness (QED) is 0.615. The van der Waals surface area contributed by atoms with Crippen molar-refractivity contribution < 1.29 is 22.7 Å². The second-order valence-corrected chi connectivity index (χ2v) is 6.37. The first-order chi connectivity index (χ1) is 12.8. The predicted octanol–water partition coefficient (Wildman–Crippen LogP) is 5.11. The Morgan fingerprint density at radius 1 is 1.26 bits per heavy atom. The van der Waals surface area contributed by atoms with Crippen molar-refractivity contribution in [1.29, 1.82) is 0 Å². The molecule has 3 aromatic rings. The maximum atomic E-state index is 13.4. The van der Waals surface area contributed by atoms with Gasteiger partial charge in [0.2, 0.25) is 0 Å². The van der Waals surface area contributed by atoms with E-state index in [4.69, 9.17) is 16.3 Å². The third-order valence-electron chi connectivity index (χ3n) is 4.19. The Bertz CT molecular complexity index is 1010. The summed E-state index contributed by atoms with van der Waals surface area (Å²) in [5, 5.41) is 4.68. The van der Waals surface area contributed by atoms with E-state index in [2.05, 4.69) is 5.10 Å². The minimum Gasteiger partial charge on any atom is -0.380 e. The van der Waals surface area contributed by atoms with Gasteiger partial charge in [-0.05, 0) is 30.2 Å². The molecule has 0 aliphatic rings. The van der Waals surface area contributed by atoms with Gasteiger partial charge in [0.25, 0.3) is 5.91 Å². The standard InChI is InChI=1S/C19H16ClF3N2O2/c1-3-15-12-8-7-11(10-27-2)9-16(12)25(24-15)18(26)17-13(19(21,22)23)5-4-6-14(17)20/h4-9H,3,10H2,1-2H3. The van der Waals surface area contributed by atoms with Gasteiger partial charge in [-0.2, -0.15) is 23.0 Å². The smallest absolute Gasteiger partial charge is 0.380 e. The third kappa shape index (κ3) is 3.57. The van der Waals surface area contributed by atoms with Crippen LogP contribution in [0.4, 0.5) is 13.2 Å². The Balaban J connectivity index is 2.24. The van der Waals surface area contributed by atoms with E-state index >= 15 is 0 Å². The molecule has 0 saturated carbocycles.